The van der Waals surface area contributed by atoms with E-state index >= 15 is 0 Å². The number of benzene rings is 7. The number of anilines is 3. The maximum absolute atomic E-state index is 6.42. The average molecular weight is 755 g/mol. The Balaban J connectivity index is 1.09. The molecule has 0 N–H and O–H groups in total. The third kappa shape index (κ3) is 6.77. The van der Waals surface area contributed by atoms with Gasteiger partial charge < -0.3 is 18.8 Å². The average Bonchev–Trinajstić information content (AvgIpc) is 3.67. The van der Waals surface area contributed by atoms with E-state index in [1.807, 2.05) is 6.08 Å². The second-order valence-electron chi connectivity index (χ2n) is 16.2. The fraction of sp³-hybridized carbons (Fsp3) is 0.132. The predicted molar refractivity (Wildman–Crippen MR) is 245 cm³/mol. The maximum atomic E-state index is 6.42. The number of aryl methyl sites for hydroxylation is 1. The van der Waals surface area contributed by atoms with Crippen LogP contribution in [0, 0.1) is 6.92 Å². The van der Waals surface area contributed by atoms with Crippen molar-refractivity contribution in [1.29, 1.82) is 0 Å². The highest BCUT2D eigenvalue weighted by atomic mass is 16.7. The monoisotopic (exact) mass is 754 g/mol. The standard InChI is InChI=1S/C53H47BN2O2/c1-7-50-37(2)49-36-43(28-33-51(49)56(50)45-21-12-9-13-22-45)40-26-31-47(32-27-40)55(46-29-24-39(25-30-46)38-16-10-8-11-17-38)48-23-15-19-42(35-48)41-18-14-20-44(34-41)54-57-52(3,4)53(5,6)58-54/h7-36H,1H2,2-6H3. The summed E-state index contributed by atoms with van der Waals surface area (Å²) in [7, 11) is -0.427. The first-order chi connectivity index (χ1) is 28.1. The summed E-state index contributed by atoms with van der Waals surface area (Å²) in [5.74, 6) is 0. The van der Waals surface area contributed by atoms with Crippen molar-refractivity contribution in [3.63, 3.8) is 0 Å². The number of hydrogen-bond acceptors (Lipinski definition) is 3. The van der Waals surface area contributed by atoms with Crippen molar-refractivity contribution in [2.75, 3.05) is 4.90 Å². The lowest BCUT2D eigenvalue weighted by molar-refractivity contribution is 0.00578. The Bertz CT molecular complexity index is 2740. The first kappa shape index (κ1) is 37.2. The molecule has 1 aliphatic rings. The molecule has 8 aromatic rings. The van der Waals surface area contributed by atoms with Crippen molar-refractivity contribution < 1.29 is 9.31 Å². The van der Waals surface area contributed by atoms with Gasteiger partial charge in [-0.2, -0.15) is 0 Å². The van der Waals surface area contributed by atoms with Crippen LogP contribution in [0.25, 0.3) is 56.0 Å². The van der Waals surface area contributed by atoms with Gasteiger partial charge >= 0.3 is 7.12 Å². The zero-order chi connectivity index (χ0) is 40.0. The summed E-state index contributed by atoms with van der Waals surface area (Å²) in [6.45, 7) is 14.7. The van der Waals surface area contributed by atoms with Crippen molar-refractivity contribution in [2.24, 2.45) is 0 Å². The summed E-state index contributed by atoms with van der Waals surface area (Å²) in [4.78, 5) is 2.34. The van der Waals surface area contributed by atoms with Crippen LogP contribution >= 0.6 is 0 Å². The Morgan fingerprint density at radius 1 is 0.517 bits per heavy atom. The van der Waals surface area contributed by atoms with Gasteiger partial charge in [-0.05, 0) is 146 Å². The number of fused-ring (bicyclic) bond motifs is 1. The fourth-order valence-corrected chi connectivity index (χ4v) is 8.10. The number of para-hydroxylation sites is 1. The lowest BCUT2D eigenvalue weighted by Crippen LogP contribution is -2.41. The fourth-order valence-electron chi connectivity index (χ4n) is 8.10. The van der Waals surface area contributed by atoms with Crippen molar-refractivity contribution in [3.05, 3.63) is 194 Å². The summed E-state index contributed by atoms with van der Waals surface area (Å²) in [6.07, 6.45) is 1.96. The summed E-state index contributed by atoms with van der Waals surface area (Å²) in [5, 5.41) is 1.22. The molecule has 0 atom stereocenters. The van der Waals surface area contributed by atoms with Gasteiger partial charge in [-0.3, -0.25) is 0 Å². The lowest BCUT2D eigenvalue weighted by atomic mass is 9.78. The molecule has 0 radical (unpaired) electrons. The van der Waals surface area contributed by atoms with Crippen LogP contribution in [0.2, 0.25) is 0 Å². The summed E-state index contributed by atoms with van der Waals surface area (Å²) < 4.78 is 15.1. The molecule has 0 bridgehead atoms. The van der Waals surface area contributed by atoms with Crippen LogP contribution in [-0.2, 0) is 9.31 Å². The Morgan fingerprint density at radius 2 is 1.02 bits per heavy atom. The quantitative estimate of drug-likeness (QED) is 0.137. The molecule has 7 aromatic carbocycles. The number of nitrogens with zero attached hydrogens (tertiary/aromatic N) is 2. The van der Waals surface area contributed by atoms with Gasteiger partial charge in [0.1, 0.15) is 0 Å². The molecule has 0 saturated carbocycles. The number of hydrogen-bond donors (Lipinski definition) is 0. The SMILES string of the molecule is C=Cc1c(C)c2cc(-c3ccc(N(c4ccc(-c5ccccc5)cc4)c4cccc(-c5cccc(B6OC(C)(C)C(C)(C)O6)c5)c4)cc3)ccc2n1-c1ccccc1. The zero-order valence-electron chi connectivity index (χ0n) is 33.8. The van der Waals surface area contributed by atoms with Gasteiger partial charge in [-0.25, -0.2) is 0 Å². The molecule has 1 aliphatic heterocycles. The molecule has 5 heteroatoms. The molecule has 0 unspecified atom stereocenters. The first-order valence-electron chi connectivity index (χ1n) is 20.1. The third-order valence-electron chi connectivity index (χ3n) is 12.0. The summed E-state index contributed by atoms with van der Waals surface area (Å²) in [6, 6.07) is 62.9. The Labute approximate surface area is 342 Å². The lowest BCUT2D eigenvalue weighted by Gasteiger charge is -2.32. The summed E-state index contributed by atoms with van der Waals surface area (Å²) >= 11 is 0. The van der Waals surface area contributed by atoms with Crippen molar-refractivity contribution in [2.45, 2.75) is 45.8 Å². The number of aromatic nitrogens is 1. The molecule has 0 amide bonds. The van der Waals surface area contributed by atoms with Crippen LogP contribution in [0.3, 0.4) is 0 Å². The highest BCUT2D eigenvalue weighted by Crippen LogP contribution is 2.40. The van der Waals surface area contributed by atoms with Gasteiger partial charge in [0.25, 0.3) is 0 Å². The van der Waals surface area contributed by atoms with Crippen LogP contribution in [-0.4, -0.2) is 22.9 Å². The van der Waals surface area contributed by atoms with E-state index in [2.05, 4.69) is 227 Å². The van der Waals surface area contributed by atoms with E-state index in [1.54, 1.807) is 0 Å². The zero-order valence-corrected chi connectivity index (χ0v) is 33.8. The Hall–Kier alpha value is -6.40. The van der Waals surface area contributed by atoms with Crippen LogP contribution in [0.4, 0.5) is 17.1 Å². The molecule has 1 saturated heterocycles. The third-order valence-corrected chi connectivity index (χ3v) is 12.0. The molecule has 4 nitrogen and oxygen atoms in total. The maximum Gasteiger partial charge on any atom is 0.494 e. The van der Waals surface area contributed by atoms with Crippen LogP contribution in [0.5, 0.6) is 0 Å². The minimum absolute atomic E-state index is 0.408. The molecule has 9 rings (SSSR count). The molecular formula is C53H47BN2O2. The van der Waals surface area contributed by atoms with E-state index in [4.69, 9.17) is 9.31 Å². The van der Waals surface area contributed by atoms with Gasteiger partial charge in [-0.15, -0.1) is 0 Å². The van der Waals surface area contributed by atoms with Crippen LogP contribution in [0.1, 0.15) is 39.0 Å². The molecule has 1 aromatic heterocycles. The van der Waals surface area contributed by atoms with E-state index in [9.17, 15) is 0 Å². The highest BCUT2D eigenvalue weighted by Gasteiger charge is 2.51. The predicted octanol–water partition coefficient (Wildman–Crippen LogP) is 13.4. The van der Waals surface area contributed by atoms with Crippen molar-refractivity contribution in [3.8, 4) is 39.1 Å². The van der Waals surface area contributed by atoms with Gasteiger partial charge in [0, 0.05) is 33.8 Å². The van der Waals surface area contributed by atoms with E-state index in [-0.39, 0.29) is 0 Å². The topological polar surface area (TPSA) is 26.6 Å². The second-order valence-corrected chi connectivity index (χ2v) is 16.2. The minimum atomic E-state index is -0.427. The van der Waals surface area contributed by atoms with Gasteiger partial charge in [0.15, 0.2) is 0 Å². The smallest absolute Gasteiger partial charge is 0.399 e. The Morgan fingerprint density at radius 3 is 1.64 bits per heavy atom. The van der Waals surface area contributed by atoms with E-state index in [0.717, 1.165) is 50.6 Å². The molecule has 2 heterocycles. The molecule has 1 fully saturated rings. The summed E-state index contributed by atoms with van der Waals surface area (Å²) in [5.41, 5.74) is 15.0. The van der Waals surface area contributed by atoms with Crippen molar-refractivity contribution >= 4 is 46.6 Å². The molecule has 284 valence electrons. The molecule has 58 heavy (non-hydrogen) atoms. The normalized spacial score (nSPS) is 14.5. The van der Waals surface area contributed by atoms with E-state index in [1.165, 1.54) is 33.2 Å². The first-order valence-corrected chi connectivity index (χ1v) is 20.1. The Kier molecular flexibility index (Phi) is 9.52. The van der Waals surface area contributed by atoms with Gasteiger partial charge in [0.05, 0.1) is 16.7 Å². The largest absolute Gasteiger partial charge is 0.494 e. The van der Waals surface area contributed by atoms with Crippen LogP contribution < -0.4 is 10.4 Å². The highest BCUT2D eigenvalue weighted by molar-refractivity contribution is 6.62. The van der Waals surface area contributed by atoms with Gasteiger partial charge in [0.2, 0.25) is 0 Å². The van der Waals surface area contributed by atoms with Crippen molar-refractivity contribution in [1.82, 2.24) is 4.57 Å². The van der Waals surface area contributed by atoms with Crippen LogP contribution in [0.15, 0.2) is 183 Å². The van der Waals surface area contributed by atoms with E-state index < -0.39 is 18.3 Å². The number of rotatable bonds is 9. The minimum Gasteiger partial charge on any atom is -0.399 e. The molecule has 0 spiro atoms. The second kappa shape index (κ2) is 14.8. The van der Waals surface area contributed by atoms with Gasteiger partial charge in [-0.1, -0.05) is 122 Å². The molecule has 0 aliphatic carbocycles. The molecular weight excluding hydrogens is 707 g/mol. The van der Waals surface area contributed by atoms with E-state index in [0.29, 0.717) is 0 Å².